The zero-order valence-corrected chi connectivity index (χ0v) is 36.0. The lowest BCUT2D eigenvalue weighted by Crippen LogP contribution is -2.03. The van der Waals surface area contributed by atoms with Crippen molar-refractivity contribution in [2.75, 3.05) is 0 Å². The molecule has 0 atom stereocenters. The summed E-state index contributed by atoms with van der Waals surface area (Å²) in [5, 5.41) is 9.00. The quantitative estimate of drug-likeness (QED) is 0.167. The Morgan fingerprint density at radius 2 is 0.925 bits per heavy atom. The Hall–Kier alpha value is -9.13. The van der Waals surface area contributed by atoms with Crippen molar-refractivity contribution in [3.8, 4) is 56.7 Å². The number of hydrogen-bond donors (Lipinski definition) is 0. The number of furan rings is 1. The number of hydrogen-bond acceptors (Lipinski definition) is 4. The van der Waals surface area contributed by atoms with Crippen LogP contribution in [0.1, 0.15) is 0 Å². The third-order valence-corrected chi connectivity index (χ3v) is 13.4. The van der Waals surface area contributed by atoms with E-state index in [1.807, 2.05) is 36.4 Å². The molecule has 14 aromatic rings. The van der Waals surface area contributed by atoms with Crippen LogP contribution < -0.4 is 0 Å². The lowest BCUT2D eigenvalue weighted by atomic mass is 10.0. The van der Waals surface area contributed by atoms with Gasteiger partial charge in [-0.05, 0) is 76.5 Å². The van der Waals surface area contributed by atoms with E-state index in [0.29, 0.717) is 17.5 Å². The normalized spacial score (nSPS) is 11.9. The smallest absolute Gasteiger partial charge is 0.166 e. The van der Waals surface area contributed by atoms with Crippen LogP contribution in [0.15, 0.2) is 229 Å². The molecule has 10 aromatic carbocycles. The minimum absolute atomic E-state index is 0.570. The first kappa shape index (κ1) is 37.3. The summed E-state index contributed by atoms with van der Waals surface area (Å²) >= 11 is 0. The fourth-order valence-electron chi connectivity index (χ4n) is 10.4. The van der Waals surface area contributed by atoms with Gasteiger partial charge >= 0.3 is 0 Å². The number of para-hydroxylation sites is 4. The van der Waals surface area contributed by atoms with Crippen LogP contribution in [0.2, 0.25) is 0 Å². The molecular weight excluding hydrogens is 819 g/mol. The molecule has 0 unspecified atom stereocenters. The summed E-state index contributed by atoms with van der Waals surface area (Å²) in [5.74, 6) is 1.74. The highest BCUT2D eigenvalue weighted by molar-refractivity contribution is 6.17. The Balaban J connectivity index is 1.06. The van der Waals surface area contributed by atoms with Crippen molar-refractivity contribution >= 4 is 76.3 Å². The number of aromatic nitrogens is 5. The van der Waals surface area contributed by atoms with Crippen molar-refractivity contribution in [2.24, 2.45) is 0 Å². The molecule has 0 aliphatic carbocycles. The van der Waals surface area contributed by atoms with Crippen LogP contribution in [-0.2, 0) is 0 Å². The summed E-state index contributed by atoms with van der Waals surface area (Å²) in [6, 6.07) is 79.2. The van der Waals surface area contributed by atoms with Crippen LogP contribution in [0.25, 0.3) is 133 Å². The van der Waals surface area contributed by atoms with Crippen molar-refractivity contribution in [1.82, 2.24) is 24.1 Å². The molecule has 0 bridgehead atoms. The first-order valence-corrected chi connectivity index (χ1v) is 22.6. The largest absolute Gasteiger partial charge is 0.456 e. The van der Waals surface area contributed by atoms with E-state index in [0.717, 1.165) is 94.0 Å². The van der Waals surface area contributed by atoms with E-state index < -0.39 is 0 Å². The highest BCUT2D eigenvalue weighted by atomic mass is 16.3. The van der Waals surface area contributed by atoms with Gasteiger partial charge in [0.2, 0.25) is 0 Å². The van der Waals surface area contributed by atoms with E-state index in [1.54, 1.807) is 0 Å². The van der Waals surface area contributed by atoms with Gasteiger partial charge in [0.1, 0.15) is 11.2 Å². The molecule has 6 nitrogen and oxygen atoms in total. The molecule has 0 radical (unpaired) electrons. The summed E-state index contributed by atoms with van der Waals surface area (Å²) < 4.78 is 11.4. The Kier molecular flexibility index (Phi) is 8.18. The van der Waals surface area contributed by atoms with Gasteiger partial charge in [0, 0.05) is 54.7 Å². The summed E-state index contributed by atoms with van der Waals surface area (Å²) in [6.45, 7) is 0. The molecule has 0 aliphatic rings. The Bertz CT molecular complexity index is 4280. The molecule has 0 saturated heterocycles. The summed E-state index contributed by atoms with van der Waals surface area (Å²) in [4.78, 5) is 16.1. The Labute approximate surface area is 384 Å². The van der Waals surface area contributed by atoms with Crippen LogP contribution in [-0.4, -0.2) is 24.1 Å². The molecule has 6 heteroatoms. The maximum absolute atomic E-state index is 6.53. The number of fused-ring (bicyclic) bond motifs is 10. The molecule has 67 heavy (non-hydrogen) atoms. The van der Waals surface area contributed by atoms with Crippen LogP contribution in [0, 0.1) is 0 Å². The minimum Gasteiger partial charge on any atom is -0.456 e. The molecule has 0 aliphatic heterocycles. The lowest BCUT2D eigenvalue weighted by molar-refractivity contribution is 0.669. The SMILES string of the molecule is c1ccc(-c2ccc3oc4cccc(-c5nc(-c6ccccc6)nc(-c6cccc7c8ccccc8n(-c8cccc9c%10ccccc%10n(-c%10ccc%11ccccc%11c%10)c89)c67)n5)c4c3c2)cc1. The summed E-state index contributed by atoms with van der Waals surface area (Å²) in [7, 11) is 0. The standard InChI is InChI=1S/C61H37N5O/c1-3-16-38(17-4-1)42-33-35-54-50(37-42)56-48(26-15-31-55(56)67-54)60-62-59(40-19-5-2-6-20-40)63-61(64-60)49-27-13-24-46-44-22-10-12-29-52(44)66(57(46)49)53-30-14-25-47-45-23-9-11-28-51(45)65(58(47)53)43-34-32-39-18-7-8-21-41(39)36-43/h1-37H. The van der Waals surface area contributed by atoms with Gasteiger partial charge in [-0.25, -0.2) is 15.0 Å². The molecule has 0 fully saturated rings. The highest BCUT2D eigenvalue weighted by Gasteiger charge is 2.24. The van der Waals surface area contributed by atoms with Gasteiger partial charge in [-0.1, -0.05) is 170 Å². The maximum Gasteiger partial charge on any atom is 0.166 e. The molecule has 0 amide bonds. The van der Waals surface area contributed by atoms with E-state index in [2.05, 4.69) is 197 Å². The van der Waals surface area contributed by atoms with E-state index in [9.17, 15) is 0 Å². The van der Waals surface area contributed by atoms with E-state index >= 15 is 0 Å². The van der Waals surface area contributed by atoms with Crippen LogP contribution in [0.3, 0.4) is 0 Å². The second-order valence-corrected chi connectivity index (χ2v) is 17.1. The molecule has 0 N–H and O–H groups in total. The van der Waals surface area contributed by atoms with Gasteiger partial charge in [-0.15, -0.1) is 0 Å². The van der Waals surface area contributed by atoms with Crippen LogP contribution >= 0.6 is 0 Å². The molecular formula is C61H37N5O. The molecule has 0 saturated carbocycles. The summed E-state index contributed by atoms with van der Waals surface area (Å²) in [5.41, 5.74) is 13.0. The van der Waals surface area contributed by atoms with Gasteiger partial charge in [-0.3, -0.25) is 0 Å². The van der Waals surface area contributed by atoms with Crippen molar-refractivity contribution in [2.45, 2.75) is 0 Å². The minimum atomic E-state index is 0.570. The Morgan fingerprint density at radius 1 is 0.328 bits per heavy atom. The number of nitrogens with zero attached hydrogens (tertiary/aromatic N) is 5. The summed E-state index contributed by atoms with van der Waals surface area (Å²) in [6.07, 6.45) is 0. The van der Waals surface area contributed by atoms with Crippen LogP contribution in [0.4, 0.5) is 0 Å². The molecule has 0 spiro atoms. The fraction of sp³-hybridized carbons (Fsp3) is 0. The number of rotatable bonds is 6. The maximum atomic E-state index is 6.53. The highest BCUT2D eigenvalue weighted by Crippen LogP contribution is 2.44. The van der Waals surface area contributed by atoms with E-state index in [4.69, 9.17) is 19.4 Å². The van der Waals surface area contributed by atoms with Gasteiger partial charge in [-0.2, -0.15) is 0 Å². The zero-order chi connectivity index (χ0) is 44.0. The molecule has 14 rings (SSSR count). The van der Waals surface area contributed by atoms with Crippen molar-refractivity contribution in [3.63, 3.8) is 0 Å². The fourth-order valence-corrected chi connectivity index (χ4v) is 10.4. The first-order valence-electron chi connectivity index (χ1n) is 22.6. The second-order valence-electron chi connectivity index (χ2n) is 17.1. The molecule has 4 heterocycles. The van der Waals surface area contributed by atoms with Gasteiger partial charge < -0.3 is 13.6 Å². The topological polar surface area (TPSA) is 61.7 Å². The van der Waals surface area contributed by atoms with E-state index in [1.165, 1.54) is 21.5 Å². The monoisotopic (exact) mass is 855 g/mol. The second kappa shape index (κ2) is 14.7. The first-order chi connectivity index (χ1) is 33.2. The average Bonchev–Trinajstić information content (AvgIpc) is 4.07. The third kappa shape index (κ3) is 5.80. The van der Waals surface area contributed by atoms with Crippen molar-refractivity contribution < 1.29 is 4.42 Å². The average molecular weight is 856 g/mol. The predicted octanol–water partition coefficient (Wildman–Crippen LogP) is 15.8. The van der Waals surface area contributed by atoms with Gasteiger partial charge in [0.05, 0.1) is 27.8 Å². The van der Waals surface area contributed by atoms with Crippen molar-refractivity contribution in [3.05, 3.63) is 224 Å². The van der Waals surface area contributed by atoms with Gasteiger partial charge in [0.15, 0.2) is 17.5 Å². The lowest BCUT2D eigenvalue weighted by Gasteiger charge is -2.16. The predicted molar refractivity (Wildman–Crippen MR) is 275 cm³/mol. The van der Waals surface area contributed by atoms with Crippen molar-refractivity contribution in [1.29, 1.82) is 0 Å². The zero-order valence-electron chi connectivity index (χ0n) is 36.0. The van der Waals surface area contributed by atoms with Crippen LogP contribution in [0.5, 0.6) is 0 Å². The third-order valence-electron chi connectivity index (χ3n) is 13.4. The van der Waals surface area contributed by atoms with Gasteiger partial charge in [0.25, 0.3) is 0 Å². The molecule has 4 aromatic heterocycles. The van der Waals surface area contributed by atoms with E-state index in [-0.39, 0.29) is 0 Å². The number of benzene rings is 10. The molecule has 312 valence electrons. The Morgan fingerprint density at radius 3 is 1.72 bits per heavy atom.